The Hall–Kier alpha value is -1.58. The van der Waals surface area contributed by atoms with Crippen molar-refractivity contribution in [2.75, 3.05) is 33.3 Å². The number of carbonyl (C=O) groups is 1. The number of nitrogens with one attached hydrogen (secondary N) is 1. The van der Waals surface area contributed by atoms with Crippen LogP contribution in [0.15, 0.2) is 29.3 Å². The maximum Gasteiger partial charge on any atom is 0.217 e. The van der Waals surface area contributed by atoms with E-state index in [2.05, 4.69) is 15.2 Å². The van der Waals surface area contributed by atoms with Crippen LogP contribution in [0.4, 0.5) is 4.39 Å². The fraction of sp³-hybridized carbons (Fsp3) is 0.529. The third-order valence-electron chi connectivity index (χ3n) is 3.97. The molecule has 1 aliphatic heterocycles. The normalized spacial score (nSPS) is 17.6. The molecule has 1 unspecified atom stereocenters. The number of carbonyl (C=O) groups excluding carboxylic acids is 1. The minimum Gasteiger partial charge on any atom is -0.492 e. The van der Waals surface area contributed by atoms with Gasteiger partial charge in [-0.2, -0.15) is 0 Å². The summed E-state index contributed by atoms with van der Waals surface area (Å²) in [7, 11) is 1.73. The summed E-state index contributed by atoms with van der Waals surface area (Å²) in [5.74, 6) is 0.995. The van der Waals surface area contributed by atoms with Crippen LogP contribution in [0.3, 0.4) is 0 Å². The lowest BCUT2D eigenvalue weighted by Crippen LogP contribution is -2.48. The fourth-order valence-electron chi connectivity index (χ4n) is 2.93. The van der Waals surface area contributed by atoms with E-state index < -0.39 is 0 Å². The Morgan fingerprint density at radius 2 is 2.32 bits per heavy atom. The van der Waals surface area contributed by atoms with Crippen LogP contribution in [0.1, 0.15) is 19.3 Å². The molecule has 140 valence electrons. The summed E-state index contributed by atoms with van der Waals surface area (Å²) in [6.07, 6.45) is 2.44. The van der Waals surface area contributed by atoms with Gasteiger partial charge in [-0.15, -0.1) is 24.0 Å². The second kappa shape index (κ2) is 11.1. The van der Waals surface area contributed by atoms with E-state index in [-0.39, 0.29) is 41.6 Å². The second-order valence-corrected chi connectivity index (χ2v) is 5.90. The smallest absolute Gasteiger partial charge is 0.217 e. The molecule has 1 heterocycles. The van der Waals surface area contributed by atoms with E-state index in [0.717, 1.165) is 31.9 Å². The van der Waals surface area contributed by atoms with E-state index in [1.54, 1.807) is 19.2 Å². The van der Waals surface area contributed by atoms with Gasteiger partial charge in [0.1, 0.15) is 18.2 Å². The summed E-state index contributed by atoms with van der Waals surface area (Å²) < 4.78 is 18.6. The molecule has 1 fully saturated rings. The highest BCUT2D eigenvalue weighted by Crippen LogP contribution is 2.19. The number of halogens is 2. The summed E-state index contributed by atoms with van der Waals surface area (Å²) in [4.78, 5) is 17.5. The van der Waals surface area contributed by atoms with E-state index in [1.165, 1.54) is 12.1 Å². The molecular weight excluding hydrogens is 438 g/mol. The first kappa shape index (κ1) is 21.5. The average molecular weight is 464 g/mol. The number of rotatable bonds is 6. The number of hydrogen-bond acceptors (Lipinski definition) is 3. The standard InChI is InChI=1S/C17H25FN4O2.HI/c1-20-17(22-8-3-4-13(12-22)10-16(19)23)21-7-9-24-15-6-2-5-14(18)11-15;/h2,5-6,11,13H,3-4,7-10,12H2,1H3,(H2,19,23)(H,20,21);1H. The number of hydrogen-bond donors (Lipinski definition) is 2. The third-order valence-corrected chi connectivity index (χ3v) is 3.97. The van der Waals surface area contributed by atoms with Crippen molar-refractivity contribution >= 4 is 35.8 Å². The van der Waals surface area contributed by atoms with Gasteiger partial charge >= 0.3 is 0 Å². The van der Waals surface area contributed by atoms with Crippen molar-refractivity contribution in [3.05, 3.63) is 30.1 Å². The molecule has 1 amide bonds. The van der Waals surface area contributed by atoms with Gasteiger partial charge in [0.15, 0.2) is 5.96 Å². The van der Waals surface area contributed by atoms with Crippen LogP contribution in [0.25, 0.3) is 0 Å². The number of amides is 1. The van der Waals surface area contributed by atoms with Gasteiger partial charge in [0.25, 0.3) is 0 Å². The molecule has 1 atom stereocenters. The monoisotopic (exact) mass is 464 g/mol. The molecule has 3 N–H and O–H groups in total. The average Bonchev–Trinajstić information content (AvgIpc) is 2.54. The summed E-state index contributed by atoms with van der Waals surface area (Å²) in [5, 5.41) is 3.24. The van der Waals surface area contributed by atoms with Gasteiger partial charge in [-0.3, -0.25) is 9.79 Å². The van der Waals surface area contributed by atoms with Crippen LogP contribution in [-0.4, -0.2) is 50.1 Å². The number of nitrogens with zero attached hydrogens (tertiary/aromatic N) is 2. The van der Waals surface area contributed by atoms with Crippen molar-refractivity contribution in [3.8, 4) is 5.75 Å². The summed E-state index contributed by atoms with van der Waals surface area (Å²) in [5.41, 5.74) is 5.29. The van der Waals surface area contributed by atoms with Gasteiger partial charge in [-0.05, 0) is 30.9 Å². The number of benzene rings is 1. The highest BCUT2D eigenvalue weighted by Gasteiger charge is 2.23. The molecule has 2 rings (SSSR count). The summed E-state index contributed by atoms with van der Waals surface area (Å²) >= 11 is 0. The Morgan fingerprint density at radius 3 is 3.00 bits per heavy atom. The van der Waals surface area contributed by atoms with E-state index in [9.17, 15) is 9.18 Å². The zero-order valence-electron chi connectivity index (χ0n) is 14.4. The maximum atomic E-state index is 13.1. The van der Waals surface area contributed by atoms with Crippen molar-refractivity contribution < 1.29 is 13.9 Å². The molecule has 1 aromatic rings. The summed E-state index contributed by atoms with van der Waals surface area (Å²) in [6.45, 7) is 2.63. The quantitative estimate of drug-likeness (QED) is 0.292. The Balaban J connectivity index is 0.00000312. The maximum absolute atomic E-state index is 13.1. The largest absolute Gasteiger partial charge is 0.492 e. The number of ether oxygens (including phenoxy) is 1. The number of nitrogens with two attached hydrogens (primary N) is 1. The fourth-order valence-corrected chi connectivity index (χ4v) is 2.93. The molecule has 0 aliphatic carbocycles. The first-order valence-corrected chi connectivity index (χ1v) is 8.20. The van der Waals surface area contributed by atoms with E-state index in [1.807, 2.05) is 0 Å². The second-order valence-electron chi connectivity index (χ2n) is 5.90. The van der Waals surface area contributed by atoms with Crippen LogP contribution < -0.4 is 15.8 Å². The lowest BCUT2D eigenvalue weighted by molar-refractivity contribution is -0.119. The Kier molecular flexibility index (Phi) is 9.54. The molecule has 0 aromatic heterocycles. The first-order valence-electron chi connectivity index (χ1n) is 8.20. The highest BCUT2D eigenvalue weighted by atomic mass is 127. The van der Waals surface area contributed by atoms with Crippen LogP contribution in [0.5, 0.6) is 5.75 Å². The molecule has 8 heteroatoms. The van der Waals surface area contributed by atoms with Crippen molar-refractivity contribution in [2.24, 2.45) is 16.6 Å². The number of guanidine groups is 1. The minimum absolute atomic E-state index is 0. The molecule has 1 aliphatic rings. The zero-order valence-corrected chi connectivity index (χ0v) is 16.7. The predicted octanol–water partition coefficient (Wildman–Crippen LogP) is 1.99. The highest BCUT2D eigenvalue weighted by molar-refractivity contribution is 14.0. The molecular formula is C17H26FIN4O2. The first-order chi connectivity index (χ1) is 11.6. The number of likely N-dealkylation sites (tertiary alicyclic amines) is 1. The number of piperidine rings is 1. The van der Waals surface area contributed by atoms with Gasteiger partial charge in [-0.1, -0.05) is 6.07 Å². The topological polar surface area (TPSA) is 80.0 Å². The number of aliphatic imine (C=N–C) groups is 1. The zero-order chi connectivity index (χ0) is 17.4. The van der Waals surface area contributed by atoms with Gasteiger partial charge in [0.05, 0.1) is 6.54 Å². The van der Waals surface area contributed by atoms with Crippen molar-refractivity contribution in [2.45, 2.75) is 19.3 Å². The molecule has 25 heavy (non-hydrogen) atoms. The Bertz CT molecular complexity index is 586. The predicted molar refractivity (Wildman–Crippen MR) is 107 cm³/mol. The van der Waals surface area contributed by atoms with Crippen molar-refractivity contribution in [3.63, 3.8) is 0 Å². The third kappa shape index (κ3) is 7.45. The van der Waals surface area contributed by atoms with E-state index in [4.69, 9.17) is 10.5 Å². The van der Waals surface area contributed by atoms with Gasteiger partial charge in [0, 0.05) is 32.6 Å². The molecule has 0 spiro atoms. The van der Waals surface area contributed by atoms with Gasteiger partial charge < -0.3 is 20.7 Å². The Morgan fingerprint density at radius 1 is 1.52 bits per heavy atom. The molecule has 1 saturated heterocycles. The SMILES string of the molecule is CN=C(NCCOc1cccc(F)c1)N1CCCC(CC(N)=O)C1.I. The minimum atomic E-state index is -0.315. The molecule has 0 bridgehead atoms. The molecule has 1 aromatic carbocycles. The van der Waals surface area contributed by atoms with Gasteiger partial charge in [0.2, 0.25) is 5.91 Å². The van der Waals surface area contributed by atoms with Crippen molar-refractivity contribution in [1.82, 2.24) is 10.2 Å². The van der Waals surface area contributed by atoms with Crippen LogP contribution >= 0.6 is 24.0 Å². The van der Waals surface area contributed by atoms with E-state index >= 15 is 0 Å². The van der Waals surface area contributed by atoms with Crippen LogP contribution in [0, 0.1) is 11.7 Å². The van der Waals surface area contributed by atoms with Crippen LogP contribution in [0.2, 0.25) is 0 Å². The molecule has 0 saturated carbocycles. The summed E-state index contributed by atoms with van der Waals surface area (Å²) in [6, 6.07) is 6.07. The molecule has 6 nitrogen and oxygen atoms in total. The Labute approximate surface area is 165 Å². The lowest BCUT2D eigenvalue weighted by Gasteiger charge is -2.34. The molecule has 0 radical (unpaired) electrons. The van der Waals surface area contributed by atoms with E-state index in [0.29, 0.717) is 25.3 Å². The van der Waals surface area contributed by atoms with Crippen molar-refractivity contribution in [1.29, 1.82) is 0 Å². The van der Waals surface area contributed by atoms with Gasteiger partial charge in [-0.25, -0.2) is 4.39 Å². The van der Waals surface area contributed by atoms with Crippen LogP contribution in [-0.2, 0) is 4.79 Å². The lowest BCUT2D eigenvalue weighted by atomic mass is 9.95. The number of primary amides is 1.